The SMILES string of the molecule is Nc1ccc(S(=O)(=O)C(C(=O)O)C(O)C(=O)O)cc1. The first kappa shape index (κ1) is 14.9. The number of sulfone groups is 1. The van der Waals surface area contributed by atoms with Crippen LogP contribution in [0.15, 0.2) is 29.2 Å². The molecule has 0 spiro atoms. The van der Waals surface area contributed by atoms with Crippen molar-refractivity contribution in [1.29, 1.82) is 0 Å². The van der Waals surface area contributed by atoms with Crippen LogP contribution in [0.3, 0.4) is 0 Å². The van der Waals surface area contributed by atoms with Gasteiger partial charge in [-0.3, -0.25) is 4.79 Å². The van der Waals surface area contributed by atoms with Crippen molar-refractivity contribution in [2.24, 2.45) is 0 Å². The van der Waals surface area contributed by atoms with E-state index in [9.17, 15) is 23.1 Å². The molecule has 1 rings (SSSR count). The average Bonchev–Trinajstić information content (AvgIpc) is 2.28. The third-order valence-electron chi connectivity index (χ3n) is 2.33. The van der Waals surface area contributed by atoms with Crippen molar-refractivity contribution in [2.75, 3.05) is 5.73 Å². The van der Waals surface area contributed by atoms with E-state index in [1.165, 1.54) is 12.1 Å². The van der Waals surface area contributed by atoms with Crippen molar-refractivity contribution >= 4 is 27.5 Å². The van der Waals surface area contributed by atoms with E-state index >= 15 is 0 Å². The van der Waals surface area contributed by atoms with Gasteiger partial charge < -0.3 is 21.1 Å². The molecule has 8 nitrogen and oxygen atoms in total. The molecular weight excluding hydrogens is 278 g/mol. The van der Waals surface area contributed by atoms with Gasteiger partial charge in [-0.1, -0.05) is 0 Å². The second-order valence-corrected chi connectivity index (χ2v) is 5.73. The van der Waals surface area contributed by atoms with Crippen LogP contribution >= 0.6 is 0 Å². The number of aliphatic carboxylic acids is 2. The maximum absolute atomic E-state index is 12.0. The summed E-state index contributed by atoms with van der Waals surface area (Å²) in [6, 6.07) is 4.52. The summed E-state index contributed by atoms with van der Waals surface area (Å²) >= 11 is 0. The zero-order valence-corrected chi connectivity index (χ0v) is 10.2. The summed E-state index contributed by atoms with van der Waals surface area (Å²) in [6.07, 6.45) is -2.57. The third-order valence-corrected chi connectivity index (χ3v) is 4.38. The summed E-state index contributed by atoms with van der Waals surface area (Å²) in [6.45, 7) is 0. The van der Waals surface area contributed by atoms with Crippen molar-refractivity contribution < 1.29 is 33.3 Å². The minimum absolute atomic E-state index is 0.254. The smallest absolute Gasteiger partial charge is 0.334 e. The molecule has 0 aliphatic carbocycles. The zero-order valence-electron chi connectivity index (χ0n) is 9.42. The highest BCUT2D eigenvalue weighted by Crippen LogP contribution is 2.20. The van der Waals surface area contributed by atoms with Crippen molar-refractivity contribution in [1.82, 2.24) is 0 Å². The Morgan fingerprint density at radius 2 is 1.53 bits per heavy atom. The van der Waals surface area contributed by atoms with Gasteiger partial charge in [0.05, 0.1) is 4.90 Å². The van der Waals surface area contributed by atoms with Gasteiger partial charge in [0.1, 0.15) is 0 Å². The minimum Gasteiger partial charge on any atom is -0.480 e. The van der Waals surface area contributed by atoms with Crippen molar-refractivity contribution in [2.45, 2.75) is 16.2 Å². The Balaban J connectivity index is 3.32. The van der Waals surface area contributed by atoms with E-state index in [0.29, 0.717) is 0 Å². The normalized spacial score (nSPS) is 14.6. The van der Waals surface area contributed by atoms with Crippen LogP contribution in [0.25, 0.3) is 0 Å². The van der Waals surface area contributed by atoms with Gasteiger partial charge in [-0.2, -0.15) is 0 Å². The standard InChI is InChI=1S/C10H11NO7S/c11-5-1-3-6(4-2-5)19(17,18)8(10(15)16)7(12)9(13)14/h1-4,7-8,12H,11H2,(H,13,14)(H,15,16). The van der Waals surface area contributed by atoms with E-state index in [4.69, 9.17) is 15.9 Å². The van der Waals surface area contributed by atoms with E-state index < -0.39 is 38.0 Å². The van der Waals surface area contributed by atoms with Crippen molar-refractivity contribution in [3.8, 4) is 0 Å². The van der Waals surface area contributed by atoms with Crippen LogP contribution in [0.2, 0.25) is 0 Å². The number of aliphatic hydroxyl groups is 1. The van der Waals surface area contributed by atoms with Crippen molar-refractivity contribution in [3.05, 3.63) is 24.3 Å². The number of carboxylic acids is 2. The lowest BCUT2D eigenvalue weighted by Crippen LogP contribution is -2.45. The van der Waals surface area contributed by atoms with Crippen LogP contribution in [-0.4, -0.2) is 47.0 Å². The number of carboxylic acid groups (broad SMARTS) is 2. The molecule has 1 aromatic rings. The number of aliphatic hydroxyl groups excluding tert-OH is 1. The second-order valence-electron chi connectivity index (χ2n) is 3.66. The van der Waals surface area contributed by atoms with Crippen molar-refractivity contribution in [3.63, 3.8) is 0 Å². The summed E-state index contributed by atoms with van der Waals surface area (Å²) in [5.41, 5.74) is 5.61. The monoisotopic (exact) mass is 289 g/mol. The van der Waals surface area contributed by atoms with Gasteiger partial charge in [-0.15, -0.1) is 0 Å². The predicted molar refractivity (Wildman–Crippen MR) is 63.1 cm³/mol. The van der Waals surface area contributed by atoms with Crippen LogP contribution in [0.5, 0.6) is 0 Å². The Hall–Kier alpha value is -2.13. The summed E-state index contributed by atoms with van der Waals surface area (Å²) in [5, 5.41) is 24.1. The van der Waals surface area contributed by atoms with E-state index in [1.807, 2.05) is 0 Å². The first-order valence-corrected chi connectivity index (χ1v) is 6.45. The fraction of sp³-hybridized carbons (Fsp3) is 0.200. The average molecular weight is 289 g/mol. The highest BCUT2D eigenvalue weighted by Gasteiger charge is 2.43. The Kier molecular flexibility index (Phi) is 4.12. The number of rotatable bonds is 5. The topological polar surface area (TPSA) is 155 Å². The molecule has 0 radical (unpaired) electrons. The van der Waals surface area contributed by atoms with Gasteiger partial charge in [0.25, 0.3) is 0 Å². The Morgan fingerprint density at radius 3 is 1.89 bits per heavy atom. The summed E-state index contributed by atoms with van der Waals surface area (Å²) < 4.78 is 24.0. The minimum atomic E-state index is -4.55. The third kappa shape index (κ3) is 3.01. The van der Waals surface area contributed by atoms with Gasteiger partial charge in [0.15, 0.2) is 21.2 Å². The Bertz CT molecular complexity index is 593. The molecule has 0 aromatic heterocycles. The Morgan fingerprint density at radius 1 is 1.05 bits per heavy atom. The van der Waals surface area contributed by atoms with Crippen LogP contribution in [-0.2, 0) is 19.4 Å². The molecule has 0 saturated carbocycles. The first-order valence-electron chi connectivity index (χ1n) is 4.91. The molecule has 0 saturated heterocycles. The highest BCUT2D eigenvalue weighted by molar-refractivity contribution is 7.92. The van der Waals surface area contributed by atoms with Gasteiger partial charge in [0, 0.05) is 5.69 Å². The number of hydrogen-bond acceptors (Lipinski definition) is 6. The van der Waals surface area contributed by atoms with Gasteiger partial charge >= 0.3 is 11.9 Å². The predicted octanol–water partition coefficient (Wildman–Crippen LogP) is -1.06. The molecule has 2 unspecified atom stereocenters. The molecule has 19 heavy (non-hydrogen) atoms. The lowest BCUT2D eigenvalue weighted by Gasteiger charge is -2.16. The molecule has 104 valence electrons. The molecule has 0 heterocycles. The second kappa shape index (κ2) is 5.24. The number of carbonyl (C=O) groups is 2. The molecular formula is C10H11NO7S. The maximum Gasteiger partial charge on any atom is 0.334 e. The number of benzene rings is 1. The number of nitrogen functional groups attached to an aromatic ring is 1. The molecule has 9 heteroatoms. The van der Waals surface area contributed by atoms with E-state index in [1.54, 1.807) is 0 Å². The van der Waals surface area contributed by atoms with Crippen LogP contribution < -0.4 is 5.73 Å². The number of hydrogen-bond donors (Lipinski definition) is 4. The zero-order chi connectivity index (χ0) is 14.8. The number of nitrogens with two attached hydrogens (primary N) is 1. The van der Waals surface area contributed by atoms with Gasteiger partial charge in [0.2, 0.25) is 0 Å². The molecule has 0 fully saturated rings. The quantitative estimate of drug-likeness (QED) is 0.500. The molecule has 0 bridgehead atoms. The molecule has 5 N–H and O–H groups in total. The van der Waals surface area contributed by atoms with E-state index in [2.05, 4.69) is 0 Å². The lowest BCUT2D eigenvalue weighted by atomic mass is 10.2. The summed E-state index contributed by atoms with van der Waals surface area (Å²) in [4.78, 5) is 21.0. The lowest BCUT2D eigenvalue weighted by molar-refractivity contribution is -0.152. The molecule has 0 amide bonds. The Labute approximate surface area is 108 Å². The fourth-order valence-electron chi connectivity index (χ4n) is 1.37. The van der Waals surface area contributed by atoms with Crippen LogP contribution in [0.4, 0.5) is 5.69 Å². The maximum atomic E-state index is 12.0. The van der Waals surface area contributed by atoms with Crippen LogP contribution in [0.1, 0.15) is 0 Å². The van der Waals surface area contributed by atoms with E-state index in [0.717, 1.165) is 12.1 Å². The molecule has 0 aliphatic rings. The molecule has 2 atom stereocenters. The van der Waals surface area contributed by atoms with E-state index in [-0.39, 0.29) is 5.69 Å². The fourth-order valence-corrected chi connectivity index (χ4v) is 2.90. The van der Waals surface area contributed by atoms with Gasteiger partial charge in [-0.05, 0) is 24.3 Å². The summed E-state index contributed by atoms with van der Waals surface area (Å²) in [7, 11) is -4.55. The first-order chi connectivity index (χ1) is 8.67. The molecule has 1 aromatic carbocycles. The molecule has 0 aliphatic heterocycles. The highest BCUT2D eigenvalue weighted by atomic mass is 32.2. The summed E-state index contributed by atoms with van der Waals surface area (Å²) in [5.74, 6) is -3.89. The van der Waals surface area contributed by atoms with Crippen LogP contribution in [0, 0.1) is 0 Å². The van der Waals surface area contributed by atoms with Gasteiger partial charge in [-0.25, -0.2) is 13.2 Å². The largest absolute Gasteiger partial charge is 0.480 e. The number of anilines is 1.